The number of rotatable bonds is 5. The van der Waals surface area contributed by atoms with Crippen LogP contribution in [0.4, 0.5) is 0 Å². The van der Waals surface area contributed by atoms with Crippen molar-refractivity contribution in [1.29, 1.82) is 0 Å². The molecule has 0 aliphatic carbocycles. The lowest BCUT2D eigenvalue weighted by Gasteiger charge is -2.30. The van der Waals surface area contributed by atoms with E-state index >= 15 is 0 Å². The van der Waals surface area contributed by atoms with Gasteiger partial charge in [0.1, 0.15) is 0 Å². The van der Waals surface area contributed by atoms with Crippen molar-refractivity contribution < 1.29 is 19.1 Å². The fourth-order valence-electron chi connectivity index (χ4n) is 1.52. The zero-order valence-electron chi connectivity index (χ0n) is 11.5. The average Bonchev–Trinajstić information content (AvgIpc) is 2.09. The van der Waals surface area contributed by atoms with Crippen LogP contribution in [0.1, 0.15) is 41.0 Å². The number of hydrogen-bond donors (Lipinski definition) is 1. The van der Waals surface area contributed by atoms with Crippen LogP contribution in [0.5, 0.6) is 0 Å². The first-order valence-electron chi connectivity index (χ1n) is 5.72. The molecule has 0 bridgehead atoms. The van der Waals surface area contributed by atoms with Crippen LogP contribution in [0.25, 0.3) is 0 Å². The molecule has 0 rings (SSSR count). The second-order valence-electron chi connectivity index (χ2n) is 5.00. The Balaban J connectivity index is 4.32. The largest absolute Gasteiger partial charge is 0.393 e. The maximum absolute atomic E-state index is 11.4. The number of carbonyl (C=O) groups is 2. The molecule has 5 heteroatoms. The van der Waals surface area contributed by atoms with Crippen LogP contribution < -0.4 is 5.32 Å². The summed E-state index contributed by atoms with van der Waals surface area (Å²) in [6, 6.07) is -0.180. The molecule has 0 saturated heterocycles. The maximum atomic E-state index is 11.4. The van der Waals surface area contributed by atoms with Gasteiger partial charge in [0.25, 0.3) is 0 Å². The highest BCUT2D eigenvalue weighted by Gasteiger charge is 2.25. The standard InChI is InChI=1S/C12H23NO4/c1-8(17-12(3,4)5)10(13-6)7-11(15)16-9(2)14/h8,10,13H,7H2,1-6H3/t8-,10-/m1/s1. The highest BCUT2D eigenvalue weighted by atomic mass is 16.6. The topological polar surface area (TPSA) is 64.6 Å². The Morgan fingerprint density at radius 2 is 1.82 bits per heavy atom. The van der Waals surface area contributed by atoms with Gasteiger partial charge in [0, 0.05) is 13.0 Å². The molecule has 0 aromatic heterocycles. The Bertz CT molecular complexity index is 270. The van der Waals surface area contributed by atoms with Crippen molar-refractivity contribution in [3.05, 3.63) is 0 Å². The van der Waals surface area contributed by atoms with Crippen LogP contribution in [-0.4, -0.2) is 36.7 Å². The summed E-state index contributed by atoms with van der Waals surface area (Å²) in [4.78, 5) is 22.0. The summed E-state index contributed by atoms with van der Waals surface area (Å²) >= 11 is 0. The molecule has 1 N–H and O–H groups in total. The van der Waals surface area contributed by atoms with Crippen LogP contribution in [-0.2, 0) is 19.1 Å². The molecule has 0 aliphatic heterocycles. The molecule has 5 nitrogen and oxygen atoms in total. The third-order valence-corrected chi connectivity index (χ3v) is 2.12. The highest BCUT2D eigenvalue weighted by molar-refractivity contribution is 5.84. The van der Waals surface area contributed by atoms with Gasteiger partial charge in [-0.15, -0.1) is 0 Å². The van der Waals surface area contributed by atoms with E-state index in [9.17, 15) is 9.59 Å². The molecule has 0 saturated carbocycles. The lowest BCUT2D eigenvalue weighted by molar-refractivity contribution is -0.159. The molecular weight excluding hydrogens is 222 g/mol. The zero-order valence-corrected chi connectivity index (χ0v) is 11.5. The molecule has 0 amide bonds. The molecule has 0 fully saturated rings. The van der Waals surface area contributed by atoms with Crippen molar-refractivity contribution in [2.24, 2.45) is 0 Å². The third kappa shape index (κ3) is 7.88. The minimum Gasteiger partial charge on any atom is -0.393 e. The van der Waals surface area contributed by atoms with Crippen molar-refractivity contribution in [3.63, 3.8) is 0 Å². The van der Waals surface area contributed by atoms with Gasteiger partial charge in [0.15, 0.2) is 0 Å². The lowest BCUT2D eigenvalue weighted by atomic mass is 10.1. The summed E-state index contributed by atoms with van der Waals surface area (Å²) in [5.41, 5.74) is -0.279. The number of likely N-dealkylation sites (N-methyl/N-ethyl adjacent to an activating group) is 1. The van der Waals surface area contributed by atoms with Crippen molar-refractivity contribution >= 4 is 11.9 Å². The fraction of sp³-hybridized carbons (Fsp3) is 0.833. The first kappa shape index (κ1) is 16.1. The van der Waals surface area contributed by atoms with Gasteiger partial charge < -0.3 is 14.8 Å². The molecule has 0 aromatic rings. The number of nitrogens with one attached hydrogen (secondary N) is 1. The second-order valence-corrected chi connectivity index (χ2v) is 5.00. The van der Waals surface area contributed by atoms with Crippen molar-refractivity contribution in [2.75, 3.05) is 7.05 Å². The molecule has 0 aliphatic rings. The summed E-state index contributed by atoms with van der Waals surface area (Å²) in [5, 5.41) is 2.99. The zero-order chi connectivity index (χ0) is 13.6. The number of ether oxygens (including phenoxy) is 2. The minimum atomic E-state index is -0.589. The predicted octanol–water partition coefficient (Wildman–Crippen LogP) is 1.26. The van der Waals surface area contributed by atoms with Gasteiger partial charge in [-0.1, -0.05) is 0 Å². The van der Waals surface area contributed by atoms with E-state index in [1.807, 2.05) is 27.7 Å². The summed E-state index contributed by atoms with van der Waals surface area (Å²) in [6.07, 6.45) is -0.0487. The van der Waals surface area contributed by atoms with E-state index in [1.165, 1.54) is 6.92 Å². The van der Waals surface area contributed by atoms with Crippen LogP contribution in [0.2, 0.25) is 0 Å². The van der Waals surface area contributed by atoms with Gasteiger partial charge in [-0.25, -0.2) is 0 Å². The molecule has 2 atom stereocenters. The smallest absolute Gasteiger partial charge is 0.315 e. The number of hydrogen-bond acceptors (Lipinski definition) is 5. The Hall–Kier alpha value is -0.940. The molecule has 0 spiro atoms. The average molecular weight is 245 g/mol. The van der Waals surface area contributed by atoms with E-state index in [4.69, 9.17) is 4.74 Å². The van der Waals surface area contributed by atoms with Gasteiger partial charge in [-0.05, 0) is 34.7 Å². The van der Waals surface area contributed by atoms with Crippen molar-refractivity contribution in [3.8, 4) is 0 Å². The molecule has 17 heavy (non-hydrogen) atoms. The quantitative estimate of drug-likeness (QED) is 0.583. The Morgan fingerprint density at radius 1 is 1.29 bits per heavy atom. The van der Waals surface area contributed by atoms with Crippen LogP contribution >= 0.6 is 0 Å². The fourth-order valence-corrected chi connectivity index (χ4v) is 1.52. The summed E-state index contributed by atoms with van der Waals surface area (Å²) in [6.45, 7) is 8.94. The van der Waals surface area contributed by atoms with Gasteiger partial charge in [-0.2, -0.15) is 0 Å². The number of esters is 2. The second kappa shape index (κ2) is 6.71. The summed E-state index contributed by atoms with van der Waals surface area (Å²) in [5.74, 6) is -1.13. The summed E-state index contributed by atoms with van der Waals surface area (Å²) < 4.78 is 10.2. The van der Waals surface area contributed by atoms with E-state index in [1.54, 1.807) is 7.05 Å². The van der Waals surface area contributed by atoms with Gasteiger partial charge in [0.05, 0.1) is 18.1 Å². The molecule has 0 unspecified atom stereocenters. The monoisotopic (exact) mass is 245 g/mol. The Labute approximate surface area is 103 Å². The molecule has 100 valence electrons. The van der Waals surface area contributed by atoms with E-state index in [-0.39, 0.29) is 24.2 Å². The third-order valence-electron chi connectivity index (χ3n) is 2.12. The van der Waals surface area contributed by atoms with E-state index in [0.717, 1.165) is 0 Å². The van der Waals surface area contributed by atoms with Gasteiger partial charge in [0.2, 0.25) is 0 Å². The predicted molar refractivity (Wildman–Crippen MR) is 64.5 cm³/mol. The maximum Gasteiger partial charge on any atom is 0.315 e. The lowest BCUT2D eigenvalue weighted by Crippen LogP contribution is -2.43. The van der Waals surface area contributed by atoms with Crippen LogP contribution in [0.3, 0.4) is 0 Å². The Kier molecular flexibility index (Phi) is 6.34. The Morgan fingerprint density at radius 3 is 2.18 bits per heavy atom. The van der Waals surface area contributed by atoms with Crippen LogP contribution in [0.15, 0.2) is 0 Å². The normalized spacial score (nSPS) is 15.2. The van der Waals surface area contributed by atoms with E-state index in [2.05, 4.69) is 10.1 Å². The summed E-state index contributed by atoms with van der Waals surface area (Å²) in [7, 11) is 1.74. The first-order chi connectivity index (χ1) is 7.65. The molecule has 0 radical (unpaired) electrons. The molecular formula is C12H23NO4. The highest BCUT2D eigenvalue weighted by Crippen LogP contribution is 2.14. The van der Waals surface area contributed by atoms with Crippen molar-refractivity contribution in [2.45, 2.75) is 58.8 Å². The van der Waals surface area contributed by atoms with E-state index < -0.39 is 11.9 Å². The van der Waals surface area contributed by atoms with Crippen molar-refractivity contribution in [1.82, 2.24) is 5.32 Å². The van der Waals surface area contributed by atoms with Crippen LogP contribution in [0, 0.1) is 0 Å². The van der Waals surface area contributed by atoms with Gasteiger partial charge >= 0.3 is 11.9 Å². The first-order valence-corrected chi connectivity index (χ1v) is 5.72. The van der Waals surface area contributed by atoms with E-state index in [0.29, 0.717) is 0 Å². The van der Waals surface area contributed by atoms with Gasteiger partial charge in [-0.3, -0.25) is 9.59 Å². The molecule has 0 aromatic carbocycles. The SMILES string of the molecule is CN[C@H](CC(=O)OC(C)=O)[C@@H](C)OC(C)(C)C. The number of carbonyl (C=O) groups excluding carboxylic acids is 2. The molecule has 0 heterocycles. The minimum absolute atomic E-state index is 0.104.